The molecule has 0 spiro atoms. The molecule has 5 nitrogen and oxygen atoms in total. The molecule has 0 heterocycles. The summed E-state index contributed by atoms with van der Waals surface area (Å²) in [6.45, 7) is 6.18. The van der Waals surface area contributed by atoms with Crippen LogP contribution in [0.25, 0.3) is 0 Å². The van der Waals surface area contributed by atoms with Crippen LogP contribution in [0.2, 0.25) is 0 Å². The predicted octanol–water partition coefficient (Wildman–Crippen LogP) is 3.23. The number of ether oxygens (including phenoxy) is 1. The minimum atomic E-state index is 0.0162. The van der Waals surface area contributed by atoms with E-state index in [1.165, 1.54) is 32.1 Å². The monoisotopic (exact) mass is 308 g/mol. The van der Waals surface area contributed by atoms with Crippen molar-refractivity contribution in [2.24, 2.45) is 9.98 Å². The summed E-state index contributed by atoms with van der Waals surface area (Å²) in [6.07, 6.45) is 9.19. The third-order valence-corrected chi connectivity index (χ3v) is 4.07. The number of rotatable bonds is 6. The molecule has 0 radical (unpaired) electrons. The Labute approximate surface area is 135 Å². The summed E-state index contributed by atoms with van der Waals surface area (Å²) in [4.78, 5) is 9.25. The van der Waals surface area contributed by atoms with Crippen LogP contribution in [0.4, 0.5) is 0 Å². The molecule has 1 atom stereocenters. The van der Waals surface area contributed by atoms with Gasteiger partial charge in [0.1, 0.15) is 0 Å². The van der Waals surface area contributed by atoms with Gasteiger partial charge in [-0.1, -0.05) is 26.2 Å². The molecule has 0 aromatic rings. The Kier molecular flexibility index (Phi) is 8.63. The van der Waals surface area contributed by atoms with E-state index >= 15 is 0 Å². The van der Waals surface area contributed by atoms with E-state index in [2.05, 4.69) is 29.5 Å². The van der Waals surface area contributed by atoms with Gasteiger partial charge in [-0.05, 0) is 33.1 Å². The third-order valence-electron chi connectivity index (χ3n) is 4.07. The predicted molar refractivity (Wildman–Crippen MR) is 94.5 cm³/mol. The molecule has 0 aliphatic heterocycles. The minimum absolute atomic E-state index is 0.0162. The molecule has 0 amide bonds. The average Bonchev–Trinajstić information content (AvgIpc) is 2.54. The van der Waals surface area contributed by atoms with Crippen molar-refractivity contribution in [1.82, 2.24) is 10.6 Å². The molecular weight excluding hydrogens is 276 g/mol. The second kappa shape index (κ2) is 10.2. The van der Waals surface area contributed by atoms with Gasteiger partial charge in [0, 0.05) is 24.9 Å². The Bertz CT molecular complexity index is 403. The molecule has 126 valence electrons. The van der Waals surface area contributed by atoms with Crippen LogP contribution in [-0.2, 0) is 4.74 Å². The standard InChI is InChI=1S/C17H32N4O/c1-6-12-19-17(21-15-10-8-7-9-11-15)20-14(3)13(2)16(18-4)22-5/h12,14-15,18H,6-11H2,1-5H3,(H,20,21)/b16-13?,19-12-. The summed E-state index contributed by atoms with van der Waals surface area (Å²) in [5.41, 5.74) is 1.07. The van der Waals surface area contributed by atoms with Crippen molar-refractivity contribution in [3.05, 3.63) is 11.5 Å². The number of hydrogen-bond donors (Lipinski definition) is 2. The first-order valence-corrected chi connectivity index (χ1v) is 8.41. The number of nitrogens with zero attached hydrogens (tertiary/aromatic N) is 2. The molecule has 0 aromatic carbocycles. The third kappa shape index (κ3) is 6.08. The molecule has 0 saturated heterocycles. The van der Waals surface area contributed by atoms with Gasteiger partial charge < -0.3 is 15.4 Å². The Morgan fingerprint density at radius 3 is 2.55 bits per heavy atom. The smallest absolute Gasteiger partial charge is 0.218 e. The summed E-state index contributed by atoms with van der Waals surface area (Å²) >= 11 is 0. The second-order valence-electron chi connectivity index (χ2n) is 5.79. The normalized spacial score (nSPS) is 19.8. The van der Waals surface area contributed by atoms with Gasteiger partial charge in [0.2, 0.25) is 5.96 Å². The highest BCUT2D eigenvalue weighted by Gasteiger charge is 2.16. The Morgan fingerprint density at radius 1 is 1.32 bits per heavy atom. The number of hydrogen-bond acceptors (Lipinski definition) is 3. The Morgan fingerprint density at radius 2 is 2.00 bits per heavy atom. The van der Waals surface area contributed by atoms with Gasteiger partial charge >= 0.3 is 0 Å². The van der Waals surface area contributed by atoms with Crippen LogP contribution < -0.4 is 10.6 Å². The van der Waals surface area contributed by atoms with E-state index in [0.717, 1.165) is 23.8 Å². The molecule has 5 heteroatoms. The molecule has 1 aliphatic carbocycles. The molecule has 1 fully saturated rings. The number of guanidine groups is 1. The first-order valence-electron chi connectivity index (χ1n) is 8.41. The first-order chi connectivity index (χ1) is 10.6. The van der Waals surface area contributed by atoms with Gasteiger partial charge in [0.25, 0.3) is 0 Å². The zero-order valence-corrected chi connectivity index (χ0v) is 14.8. The zero-order chi connectivity index (χ0) is 16.4. The van der Waals surface area contributed by atoms with E-state index in [0.29, 0.717) is 6.04 Å². The fraction of sp³-hybridized carbons (Fsp3) is 0.765. The number of aliphatic imine (C=N–C) groups is 2. The van der Waals surface area contributed by atoms with E-state index in [1.807, 2.05) is 20.2 Å². The SMILES string of the molecule is CC/C=N\C(=N/C(C)C(C)=C(NC)OC)NC1CCCCC1. The molecule has 2 N–H and O–H groups in total. The quantitative estimate of drug-likeness (QED) is 0.450. The summed E-state index contributed by atoms with van der Waals surface area (Å²) < 4.78 is 5.34. The highest BCUT2D eigenvalue weighted by atomic mass is 16.5. The summed E-state index contributed by atoms with van der Waals surface area (Å²) in [6, 6.07) is 0.520. The lowest BCUT2D eigenvalue weighted by Crippen LogP contribution is -2.36. The van der Waals surface area contributed by atoms with Crippen LogP contribution in [-0.4, -0.2) is 38.4 Å². The second-order valence-corrected chi connectivity index (χ2v) is 5.79. The van der Waals surface area contributed by atoms with Crippen LogP contribution in [0, 0.1) is 0 Å². The van der Waals surface area contributed by atoms with Gasteiger partial charge in [-0.15, -0.1) is 0 Å². The Hall–Kier alpha value is -1.52. The van der Waals surface area contributed by atoms with E-state index in [4.69, 9.17) is 9.73 Å². The van der Waals surface area contributed by atoms with Crippen LogP contribution >= 0.6 is 0 Å². The van der Waals surface area contributed by atoms with E-state index in [9.17, 15) is 0 Å². The summed E-state index contributed by atoms with van der Waals surface area (Å²) in [5.74, 6) is 1.51. The van der Waals surface area contributed by atoms with Crippen molar-refractivity contribution >= 4 is 12.2 Å². The number of methoxy groups -OCH3 is 1. The fourth-order valence-corrected chi connectivity index (χ4v) is 2.65. The first kappa shape index (κ1) is 18.5. The van der Waals surface area contributed by atoms with Crippen LogP contribution in [0.3, 0.4) is 0 Å². The molecule has 0 aromatic heterocycles. The van der Waals surface area contributed by atoms with Crippen molar-refractivity contribution in [2.75, 3.05) is 14.2 Å². The minimum Gasteiger partial charge on any atom is -0.483 e. The van der Waals surface area contributed by atoms with Crippen molar-refractivity contribution in [1.29, 1.82) is 0 Å². The molecule has 22 heavy (non-hydrogen) atoms. The van der Waals surface area contributed by atoms with Crippen LogP contribution in [0.1, 0.15) is 59.3 Å². The summed E-state index contributed by atoms with van der Waals surface area (Å²) in [5, 5.41) is 6.58. The lowest BCUT2D eigenvalue weighted by Gasteiger charge is -2.24. The number of nitrogens with one attached hydrogen (secondary N) is 2. The maximum absolute atomic E-state index is 5.34. The maximum Gasteiger partial charge on any atom is 0.218 e. The molecule has 1 unspecified atom stereocenters. The van der Waals surface area contributed by atoms with E-state index in [1.54, 1.807) is 7.11 Å². The van der Waals surface area contributed by atoms with Crippen LogP contribution in [0.15, 0.2) is 21.4 Å². The van der Waals surface area contributed by atoms with Crippen molar-refractivity contribution in [3.8, 4) is 0 Å². The molecule has 1 saturated carbocycles. The topological polar surface area (TPSA) is 58.0 Å². The molecule has 1 aliphatic rings. The van der Waals surface area contributed by atoms with Crippen molar-refractivity contribution in [2.45, 2.75) is 71.4 Å². The van der Waals surface area contributed by atoms with Crippen molar-refractivity contribution in [3.63, 3.8) is 0 Å². The average molecular weight is 308 g/mol. The van der Waals surface area contributed by atoms with E-state index in [-0.39, 0.29) is 6.04 Å². The van der Waals surface area contributed by atoms with E-state index < -0.39 is 0 Å². The zero-order valence-electron chi connectivity index (χ0n) is 14.8. The van der Waals surface area contributed by atoms with Gasteiger partial charge in [-0.25, -0.2) is 9.98 Å². The highest BCUT2D eigenvalue weighted by Crippen LogP contribution is 2.18. The lowest BCUT2D eigenvalue weighted by molar-refractivity contribution is 0.261. The van der Waals surface area contributed by atoms with Gasteiger partial charge in [0.05, 0.1) is 13.2 Å². The summed E-state index contributed by atoms with van der Waals surface area (Å²) in [7, 11) is 3.53. The molecule has 1 rings (SSSR count). The fourth-order valence-electron chi connectivity index (χ4n) is 2.65. The molecular formula is C17H32N4O. The van der Waals surface area contributed by atoms with Crippen LogP contribution in [0.5, 0.6) is 0 Å². The van der Waals surface area contributed by atoms with Crippen molar-refractivity contribution < 1.29 is 4.74 Å². The largest absolute Gasteiger partial charge is 0.483 e. The van der Waals surface area contributed by atoms with Gasteiger partial charge in [0.15, 0.2) is 5.88 Å². The Balaban J connectivity index is 2.84. The van der Waals surface area contributed by atoms with Gasteiger partial charge in [-0.3, -0.25) is 0 Å². The maximum atomic E-state index is 5.34. The lowest BCUT2D eigenvalue weighted by atomic mass is 9.96. The van der Waals surface area contributed by atoms with Gasteiger partial charge in [-0.2, -0.15) is 0 Å². The molecule has 0 bridgehead atoms. The highest BCUT2D eigenvalue weighted by molar-refractivity contribution is 5.88.